The van der Waals surface area contributed by atoms with Gasteiger partial charge in [0.25, 0.3) is 0 Å². The fourth-order valence-electron chi connectivity index (χ4n) is 3.65. The first-order valence-electron chi connectivity index (χ1n) is 9.97. The smallest absolute Gasteiger partial charge is 0.326 e. The van der Waals surface area contributed by atoms with Crippen molar-refractivity contribution < 1.29 is 9.53 Å². The minimum Gasteiger partial charge on any atom is -0.464 e. The van der Waals surface area contributed by atoms with Crippen molar-refractivity contribution in [3.63, 3.8) is 0 Å². The molecule has 0 atom stereocenters. The fourth-order valence-corrected chi connectivity index (χ4v) is 3.65. The van der Waals surface area contributed by atoms with Crippen LogP contribution in [0.2, 0.25) is 0 Å². The molecule has 0 aliphatic rings. The van der Waals surface area contributed by atoms with Crippen molar-refractivity contribution >= 4 is 33.7 Å². The average molecular weight is 404 g/mol. The van der Waals surface area contributed by atoms with Gasteiger partial charge in [0.15, 0.2) is 0 Å². The molecule has 0 aliphatic heterocycles. The van der Waals surface area contributed by atoms with Gasteiger partial charge < -0.3 is 15.0 Å². The number of anilines is 1. The van der Waals surface area contributed by atoms with Gasteiger partial charge in [-0.2, -0.15) is 0 Å². The molecular formula is C22H24N6O2. The number of hydrogen-bond donors (Lipinski definition) is 1. The van der Waals surface area contributed by atoms with Crippen molar-refractivity contribution in [2.45, 2.75) is 40.2 Å². The summed E-state index contributed by atoms with van der Waals surface area (Å²) in [6.45, 7) is 6.39. The number of ether oxygens (including phenoxy) is 1. The number of nitrogens with zero attached hydrogens (tertiary/aromatic N) is 5. The Morgan fingerprint density at radius 3 is 2.60 bits per heavy atom. The number of hydrogen-bond acceptors (Lipinski definition) is 7. The van der Waals surface area contributed by atoms with E-state index in [0.717, 1.165) is 45.8 Å². The van der Waals surface area contributed by atoms with E-state index in [9.17, 15) is 4.79 Å². The van der Waals surface area contributed by atoms with E-state index in [1.165, 1.54) is 6.33 Å². The largest absolute Gasteiger partial charge is 0.464 e. The average Bonchev–Trinajstić information content (AvgIpc) is 3.04. The van der Waals surface area contributed by atoms with Crippen LogP contribution in [0.1, 0.15) is 31.2 Å². The summed E-state index contributed by atoms with van der Waals surface area (Å²) in [4.78, 5) is 29.6. The third-order valence-electron chi connectivity index (χ3n) is 5.11. The van der Waals surface area contributed by atoms with E-state index in [2.05, 4.69) is 32.9 Å². The predicted molar refractivity (Wildman–Crippen MR) is 116 cm³/mol. The monoisotopic (exact) mass is 404 g/mol. The first kappa shape index (κ1) is 19.8. The van der Waals surface area contributed by atoms with Crippen LogP contribution < -0.4 is 5.73 Å². The number of aromatic nitrogens is 5. The summed E-state index contributed by atoms with van der Waals surface area (Å²) in [6.07, 6.45) is 6.83. The highest BCUT2D eigenvalue weighted by atomic mass is 16.5. The highest BCUT2D eigenvalue weighted by Gasteiger charge is 2.20. The Morgan fingerprint density at radius 1 is 1.10 bits per heavy atom. The second-order valence-electron chi connectivity index (χ2n) is 7.33. The molecule has 0 spiro atoms. The van der Waals surface area contributed by atoms with E-state index >= 15 is 0 Å². The van der Waals surface area contributed by atoms with Crippen LogP contribution in [-0.2, 0) is 16.1 Å². The third-order valence-corrected chi connectivity index (χ3v) is 5.11. The number of carbonyl (C=O) groups excluding carboxylic acids is 1. The van der Waals surface area contributed by atoms with Gasteiger partial charge >= 0.3 is 5.97 Å². The zero-order chi connectivity index (χ0) is 21.3. The SMILES string of the molecule is CCCCOC(=O)Cn1c2ncnc(N)c2c2cc(-c3cnc(C)nc3)cc(C)c21. The van der Waals surface area contributed by atoms with Crippen molar-refractivity contribution in [3.05, 3.63) is 42.2 Å². The maximum Gasteiger partial charge on any atom is 0.326 e. The van der Waals surface area contributed by atoms with Crippen LogP contribution in [0, 0.1) is 13.8 Å². The standard InChI is InChI=1S/C22H24N6O2/c1-4-5-6-30-18(29)11-28-20-13(2)7-15(16-9-24-14(3)25-10-16)8-17(20)19-21(23)26-12-27-22(19)28/h7-10,12H,4-6,11H2,1-3H3,(H2,23,26,27). The van der Waals surface area contributed by atoms with Gasteiger partial charge in [-0.1, -0.05) is 13.3 Å². The molecular weight excluding hydrogens is 380 g/mol. The van der Waals surface area contributed by atoms with Crippen LogP contribution in [0.3, 0.4) is 0 Å². The molecule has 3 aromatic heterocycles. The molecule has 4 aromatic rings. The Hall–Kier alpha value is -3.55. The number of benzene rings is 1. The lowest BCUT2D eigenvalue weighted by Gasteiger charge is -2.10. The Morgan fingerprint density at radius 2 is 1.87 bits per heavy atom. The zero-order valence-electron chi connectivity index (χ0n) is 17.3. The molecule has 0 bridgehead atoms. The highest BCUT2D eigenvalue weighted by molar-refractivity contribution is 6.13. The highest BCUT2D eigenvalue weighted by Crippen LogP contribution is 2.36. The van der Waals surface area contributed by atoms with E-state index in [0.29, 0.717) is 23.9 Å². The van der Waals surface area contributed by atoms with Crippen molar-refractivity contribution in [2.75, 3.05) is 12.3 Å². The number of aryl methyl sites for hydroxylation is 2. The van der Waals surface area contributed by atoms with Crippen LogP contribution in [-0.4, -0.2) is 37.1 Å². The van der Waals surface area contributed by atoms with Gasteiger partial charge in [0.05, 0.1) is 17.5 Å². The first-order valence-corrected chi connectivity index (χ1v) is 9.97. The molecule has 1 aromatic carbocycles. The van der Waals surface area contributed by atoms with Crippen LogP contribution in [0.4, 0.5) is 5.82 Å². The number of unbranched alkanes of at least 4 members (excludes halogenated alkanes) is 1. The predicted octanol–water partition coefficient (Wildman–Crippen LogP) is 3.58. The quantitative estimate of drug-likeness (QED) is 0.386. The summed E-state index contributed by atoms with van der Waals surface area (Å²) < 4.78 is 7.24. The van der Waals surface area contributed by atoms with Crippen LogP contribution in [0.15, 0.2) is 30.9 Å². The van der Waals surface area contributed by atoms with Gasteiger partial charge in [-0.05, 0) is 43.5 Å². The van der Waals surface area contributed by atoms with E-state index in [1.54, 1.807) is 12.4 Å². The summed E-state index contributed by atoms with van der Waals surface area (Å²) >= 11 is 0. The van der Waals surface area contributed by atoms with E-state index in [1.807, 2.05) is 24.5 Å². The van der Waals surface area contributed by atoms with Gasteiger partial charge in [-0.25, -0.2) is 19.9 Å². The Balaban J connectivity index is 1.88. The molecule has 8 nitrogen and oxygen atoms in total. The maximum absolute atomic E-state index is 12.5. The van der Waals surface area contributed by atoms with Gasteiger partial charge in [0.2, 0.25) is 0 Å². The summed E-state index contributed by atoms with van der Waals surface area (Å²) in [5.74, 6) is 0.794. The van der Waals surface area contributed by atoms with Crippen LogP contribution in [0.5, 0.6) is 0 Å². The van der Waals surface area contributed by atoms with Gasteiger partial charge in [-0.15, -0.1) is 0 Å². The van der Waals surface area contributed by atoms with Gasteiger partial charge in [-0.3, -0.25) is 4.79 Å². The second kappa shape index (κ2) is 8.06. The number of nitrogens with two attached hydrogens (primary N) is 1. The second-order valence-corrected chi connectivity index (χ2v) is 7.33. The van der Waals surface area contributed by atoms with Crippen LogP contribution >= 0.6 is 0 Å². The molecule has 154 valence electrons. The molecule has 0 fully saturated rings. The van der Waals surface area contributed by atoms with Crippen molar-refractivity contribution in [1.82, 2.24) is 24.5 Å². The summed E-state index contributed by atoms with van der Waals surface area (Å²) in [5.41, 5.74) is 10.6. The summed E-state index contributed by atoms with van der Waals surface area (Å²) in [7, 11) is 0. The van der Waals surface area contributed by atoms with Crippen molar-refractivity contribution in [1.29, 1.82) is 0 Å². The fraction of sp³-hybridized carbons (Fsp3) is 0.318. The Kier molecular flexibility index (Phi) is 5.31. The topological polar surface area (TPSA) is 109 Å². The lowest BCUT2D eigenvalue weighted by atomic mass is 10.0. The Labute approximate surface area is 174 Å². The van der Waals surface area contributed by atoms with Crippen molar-refractivity contribution in [2.24, 2.45) is 0 Å². The van der Waals surface area contributed by atoms with E-state index < -0.39 is 0 Å². The first-order chi connectivity index (χ1) is 14.5. The molecule has 0 radical (unpaired) electrons. The van der Waals surface area contributed by atoms with E-state index in [-0.39, 0.29) is 12.5 Å². The molecule has 0 saturated heterocycles. The maximum atomic E-state index is 12.5. The molecule has 8 heteroatoms. The molecule has 4 rings (SSSR count). The molecule has 0 aliphatic carbocycles. The summed E-state index contributed by atoms with van der Waals surface area (Å²) in [5, 5.41) is 1.62. The molecule has 0 amide bonds. The minimum absolute atomic E-state index is 0.0635. The van der Waals surface area contributed by atoms with Gasteiger partial charge in [0.1, 0.15) is 30.2 Å². The lowest BCUT2D eigenvalue weighted by molar-refractivity contribution is -0.144. The molecule has 3 heterocycles. The lowest BCUT2D eigenvalue weighted by Crippen LogP contribution is -2.15. The zero-order valence-corrected chi connectivity index (χ0v) is 17.3. The number of nitrogen functional groups attached to an aromatic ring is 1. The van der Waals surface area contributed by atoms with E-state index in [4.69, 9.17) is 10.5 Å². The number of esters is 1. The van der Waals surface area contributed by atoms with Crippen molar-refractivity contribution in [3.8, 4) is 11.1 Å². The van der Waals surface area contributed by atoms with Gasteiger partial charge in [0, 0.05) is 23.3 Å². The molecule has 0 unspecified atom stereocenters. The normalized spacial score (nSPS) is 11.3. The number of carbonyl (C=O) groups is 1. The third kappa shape index (κ3) is 3.56. The van der Waals surface area contributed by atoms with Crippen LogP contribution in [0.25, 0.3) is 33.1 Å². The molecule has 2 N–H and O–H groups in total. The number of fused-ring (bicyclic) bond motifs is 3. The molecule has 30 heavy (non-hydrogen) atoms. The minimum atomic E-state index is -0.296. The number of rotatable bonds is 6. The molecule has 0 saturated carbocycles. The summed E-state index contributed by atoms with van der Waals surface area (Å²) in [6, 6.07) is 4.08. The Bertz CT molecular complexity index is 1230.